The Bertz CT molecular complexity index is 1350. The molecule has 7 nitrogen and oxygen atoms in total. The van der Waals surface area contributed by atoms with Crippen LogP contribution in [-0.4, -0.2) is 30.1 Å². The lowest BCUT2D eigenvalue weighted by molar-refractivity contribution is 1.08. The third kappa shape index (κ3) is 2.44. The van der Waals surface area contributed by atoms with Crippen molar-refractivity contribution in [3.05, 3.63) is 41.0 Å². The van der Waals surface area contributed by atoms with E-state index < -0.39 is 0 Å². The minimum atomic E-state index is 0.716. The molecule has 0 fully saturated rings. The van der Waals surface area contributed by atoms with Gasteiger partial charge in [0.25, 0.3) is 0 Å². The predicted octanol–water partition coefficient (Wildman–Crippen LogP) is 4.49. The Morgan fingerprint density at radius 2 is 1.63 bits per heavy atom. The summed E-state index contributed by atoms with van der Waals surface area (Å²) in [5, 5.41) is 12.9. The number of rotatable bonds is 2. The molecule has 0 aliphatic rings. The Morgan fingerprint density at radius 1 is 0.889 bits per heavy atom. The van der Waals surface area contributed by atoms with E-state index in [4.69, 9.17) is 0 Å². The smallest absolute Gasteiger partial charge is 0.163 e. The van der Waals surface area contributed by atoms with Crippen LogP contribution >= 0.6 is 11.3 Å². The van der Waals surface area contributed by atoms with Crippen molar-refractivity contribution in [2.75, 3.05) is 5.32 Å². The van der Waals surface area contributed by atoms with Crippen molar-refractivity contribution in [2.45, 2.75) is 27.7 Å². The molecule has 0 unspecified atom stereocenters. The molecule has 0 saturated carbocycles. The summed E-state index contributed by atoms with van der Waals surface area (Å²) in [7, 11) is 0. The van der Waals surface area contributed by atoms with E-state index in [0.717, 1.165) is 54.2 Å². The molecule has 5 rings (SSSR count). The van der Waals surface area contributed by atoms with Crippen LogP contribution in [0.15, 0.2) is 18.5 Å². The van der Waals surface area contributed by atoms with Gasteiger partial charge in [0, 0.05) is 16.8 Å². The molecule has 0 aromatic carbocycles. The SMILES string of the molecule is Cc1cc(C)c2c(Nc3ncnc4c3sc3nc(C)cc(C)c34)n[nH]c2n1. The number of pyridine rings is 2. The van der Waals surface area contributed by atoms with Gasteiger partial charge in [0.2, 0.25) is 0 Å². The Morgan fingerprint density at radius 3 is 2.44 bits per heavy atom. The number of anilines is 2. The van der Waals surface area contributed by atoms with E-state index in [1.165, 1.54) is 5.56 Å². The first-order chi connectivity index (χ1) is 13.0. The van der Waals surface area contributed by atoms with Gasteiger partial charge in [-0.15, -0.1) is 11.3 Å². The summed E-state index contributed by atoms with van der Waals surface area (Å²) in [5.41, 5.74) is 5.94. The van der Waals surface area contributed by atoms with E-state index in [2.05, 4.69) is 55.4 Å². The van der Waals surface area contributed by atoms with Gasteiger partial charge < -0.3 is 5.32 Å². The molecule has 5 heterocycles. The lowest BCUT2D eigenvalue weighted by atomic mass is 10.1. The van der Waals surface area contributed by atoms with Crippen LogP contribution in [0.25, 0.3) is 31.5 Å². The van der Waals surface area contributed by atoms with E-state index in [1.807, 2.05) is 19.9 Å². The van der Waals surface area contributed by atoms with Crippen LogP contribution in [0.5, 0.6) is 0 Å². The molecule has 5 aromatic rings. The molecule has 0 saturated heterocycles. The molecular formula is C19H17N7S. The van der Waals surface area contributed by atoms with Gasteiger partial charge in [-0.1, -0.05) is 0 Å². The quantitative estimate of drug-likeness (QED) is 0.472. The van der Waals surface area contributed by atoms with E-state index in [1.54, 1.807) is 17.7 Å². The summed E-state index contributed by atoms with van der Waals surface area (Å²) in [6.07, 6.45) is 1.58. The Kier molecular flexibility index (Phi) is 3.38. The zero-order valence-corrected chi connectivity index (χ0v) is 16.2. The number of fused-ring (bicyclic) bond motifs is 4. The number of aromatic nitrogens is 6. The van der Waals surface area contributed by atoms with Crippen LogP contribution in [0, 0.1) is 27.7 Å². The maximum absolute atomic E-state index is 4.68. The number of hydrogen-bond acceptors (Lipinski definition) is 7. The van der Waals surface area contributed by atoms with Crippen LogP contribution in [0.4, 0.5) is 11.6 Å². The number of H-pyrrole nitrogens is 1. The predicted molar refractivity (Wildman–Crippen MR) is 109 cm³/mol. The summed E-state index contributed by atoms with van der Waals surface area (Å²) in [4.78, 5) is 19.2. The average Bonchev–Trinajstić information content (AvgIpc) is 3.16. The Balaban J connectivity index is 1.71. The average molecular weight is 375 g/mol. The number of nitrogens with one attached hydrogen (secondary N) is 2. The Hall–Kier alpha value is -3.13. The second-order valence-electron chi connectivity index (χ2n) is 6.76. The van der Waals surface area contributed by atoms with Crippen LogP contribution in [-0.2, 0) is 0 Å². The molecule has 0 radical (unpaired) electrons. The van der Waals surface area contributed by atoms with E-state index >= 15 is 0 Å². The van der Waals surface area contributed by atoms with Crippen LogP contribution < -0.4 is 5.32 Å². The van der Waals surface area contributed by atoms with Gasteiger partial charge in [-0.2, -0.15) is 5.10 Å². The zero-order valence-electron chi connectivity index (χ0n) is 15.4. The van der Waals surface area contributed by atoms with Crippen molar-refractivity contribution in [3.8, 4) is 0 Å². The van der Waals surface area contributed by atoms with Crippen molar-refractivity contribution in [2.24, 2.45) is 0 Å². The maximum atomic E-state index is 4.68. The minimum absolute atomic E-state index is 0.716. The van der Waals surface area contributed by atoms with E-state index in [-0.39, 0.29) is 0 Å². The summed E-state index contributed by atoms with van der Waals surface area (Å²) >= 11 is 1.60. The van der Waals surface area contributed by atoms with Gasteiger partial charge >= 0.3 is 0 Å². The number of aromatic amines is 1. The fraction of sp³-hybridized carbons (Fsp3) is 0.211. The maximum Gasteiger partial charge on any atom is 0.163 e. The number of aryl methyl sites for hydroxylation is 4. The van der Waals surface area contributed by atoms with Crippen molar-refractivity contribution in [1.29, 1.82) is 0 Å². The van der Waals surface area contributed by atoms with Crippen molar-refractivity contribution < 1.29 is 0 Å². The van der Waals surface area contributed by atoms with Gasteiger partial charge in [-0.25, -0.2) is 19.9 Å². The highest BCUT2D eigenvalue weighted by atomic mass is 32.1. The molecule has 0 amide bonds. The molecule has 0 bridgehead atoms. The fourth-order valence-electron chi connectivity index (χ4n) is 3.58. The van der Waals surface area contributed by atoms with Gasteiger partial charge in [0.05, 0.1) is 15.6 Å². The highest BCUT2D eigenvalue weighted by Crippen LogP contribution is 2.38. The highest BCUT2D eigenvalue weighted by Gasteiger charge is 2.17. The monoisotopic (exact) mass is 375 g/mol. The summed E-state index contributed by atoms with van der Waals surface area (Å²) in [6.45, 7) is 8.14. The lowest BCUT2D eigenvalue weighted by Crippen LogP contribution is -1.96. The molecule has 0 spiro atoms. The molecule has 134 valence electrons. The van der Waals surface area contributed by atoms with Crippen molar-refractivity contribution in [1.82, 2.24) is 30.1 Å². The lowest BCUT2D eigenvalue weighted by Gasteiger charge is -2.05. The molecule has 0 atom stereocenters. The molecular weight excluding hydrogens is 358 g/mol. The molecule has 0 aliphatic heterocycles. The number of hydrogen-bond donors (Lipinski definition) is 2. The standard InChI is InChI=1S/C19H17N7S/c1-8-5-11(4)23-19-12(8)14-15(27-19)18(21-7-20-14)24-17-13-9(2)6-10(3)22-16(13)25-26-17/h5-7H,1-4H3,(H2,20,21,22,24,25,26). The highest BCUT2D eigenvalue weighted by molar-refractivity contribution is 7.26. The molecule has 27 heavy (non-hydrogen) atoms. The van der Waals surface area contributed by atoms with Crippen molar-refractivity contribution in [3.63, 3.8) is 0 Å². The number of thiophene rings is 1. The summed E-state index contributed by atoms with van der Waals surface area (Å²) < 4.78 is 0.975. The molecule has 5 aromatic heterocycles. The van der Waals surface area contributed by atoms with E-state index in [9.17, 15) is 0 Å². The van der Waals surface area contributed by atoms with Gasteiger partial charge in [0.15, 0.2) is 17.3 Å². The second kappa shape index (κ2) is 5.68. The van der Waals surface area contributed by atoms with E-state index in [0.29, 0.717) is 5.82 Å². The first-order valence-electron chi connectivity index (χ1n) is 8.62. The fourth-order valence-corrected chi connectivity index (χ4v) is 4.78. The van der Waals surface area contributed by atoms with Crippen LogP contribution in [0.2, 0.25) is 0 Å². The third-order valence-electron chi connectivity index (χ3n) is 4.64. The molecule has 8 heteroatoms. The first kappa shape index (κ1) is 16.1. The molecule has 2 N–H and O–H groups in total. The summed E-state index contributed by atoms with van der Waals surface area (Å²) in [5.74, 6) is 1.45. The van der Waals surface area contributed by atoms with Crippen molar-refractivity contribution >= 4 is 54.4 Å². The van der Waals surface area contributed by atoms with Gasteiger partial charge in [-0.3, -0.25) is 5.10 Å². The summed E-state index contributed by atoms with van der Waals surface area (Å²) in [6, 6.07) is 4.14. The zero-order chi connectivity index (χ0) is 18.7. The van der Waals surface area contributed by atoms with Crippen LogP contribution in [0.3, 0.4) is 0 Å². The van der Waals surface area contributed by atoms with Gasteiger partial charge in [0.1, 0.15) is 11.2 Å². The second-order valence-corrected chi connectivity index (χ2v) is 7.76. The normalized spacial score (nSPS) is 11.7. The number of nitrogens with zero attached hydrogens (tertiary/aromatic N) is 5. The van der Waals surface area contributed by atoms with Gasteiger partial charge in [-0.05, 0) is 51.0 Å². The van der Waals surface area contributed by atoms with Crippen LogP contribution in [0.1, 0.15) is 22.5 Å². The molecule has 0 aliphatic carbocycles. The Labute approximate surface area is 158 Å². The third-order valence-corrected chi connectivity index (χ3v) is 5.72. The first-order valence-corrected chi connectivity index (χ1v) is 9.43. The topological polar surface area (TPSA) is 92.3 Å². The largest absolute Gasteiger partial charge is 0.322 e. The minimum Gasteiger partial charge on any atom is -0.322 e.